The van der Waals surface area contributed by atoms with Crippen LogP contribution in [0.1, 0.15) is 11.8 Å². The molecule has 3 aromatic heterocycles. The highest BCUT2D eigenvalue weighted by Crippen LogP contribution is 2.26. The van der Waals surface area contributed by atoms with Crippen LogP contribution in [0.5, 0.6) is 0 Å². The van der Waals surface area contributed by atoms with Gasteiger partial charge in [-0.15, -0.1) is 21.5 Å². The first-order valence-corrected chi connectivity index (χ1v) is 11.0. The summed E-state index contributed by atoms with van der Waals surface area (Å²) >= 11 is 1.36. The van der Waals surface area contributed by atoms with Gasteiger partial charge in [-0.2, -0.15) is 4.31 Å². The molecule has 1 aliphatic heterocycles. The number of sulfonamides is 1. The molecule has 3 aromatic rings. The fraction of sp³-hybridized carbons (Fsp3) is 0.353. The van der Waals surface area contributed by atoms with E-state index in [1.54, 1.807) is 27.5 Å². The zero-order chi connectivity index (χ0) is 18.9. The minimum atomic E-state index is -3.41. The number of piperazine rings is 1. The minimum Gasteiger partial charge on any atom is -0.352 e. The van der Waals surface area contributed by atoms with Crippen LogP contribution in [0.3, 0.4) is 0 Å². The van der Waals surface area contributed by atoms with Gasteiger partial charge in [0, 0.05) is 43.4 Å². The number of anilines is 1. The number of imidazole rings is 1. The molecule has 0 bridgehead atoms. The van der Waals surface area contributed by atoms with E-state index in [1.807, 2.05) is 31.3 Å². The van der Waals surface area contributed by atoms with Gasteiger partial charge in [-0.1, -0.05) is 6.92 Å². The lowest BCUT2D eigenvalue weighted by molar-refractivity contribution is 0.384. The normalized spacial score (nSPS) is 16.0. The Morgan fingerprint density at radius 3 is 2.37 bits per heavy atom. The fourth-order valence-electron chi connectivity index (χ4n) is 2.99. The van der Waals surface area contributed by atoms with Crippen LogP contribution in [0.2, 0.25) is 0 Å². The Hall–Kier alpha value is -2.30. The summed E-state index contributed by atoms with van der Waals surface area (Å²) in [5.74, 6) is 1.45. The predicted molar refractivity (Wildman–Crippen MR) is 104 cm³/mol. The van der Waals surface area contributed by atoms with Crippen molar-refractivity contribution in [2.24, 2.45) is 0 Å². The van der Waals surface area contributed by atoms with Crippen LogP contribution in [0.4, 0.5) is 5.82 Å². The van der Waals surface area contributed by atoms with Crippen LogP contribution in [-0.4, -0.2) is 58.7 Å². The van der Waals surface area contributed by atoms with E-state index in [2.05, 4.69) is 20.1 Å². The van der Waals surface area contributed by atoms with E-state index in [0.717, 1.165) is 17.1 Å². The Kier molecular flexibility index (Phi) is 4.94. The molecular weight excluding hydrogens is 384 g/mol. The summed E-state index contributed by atoms with van der Waals surface area (Å²) in [6.07, 6.45) is 6.01. The summed E-state index contributed by atoms with van der Waals surface area (Å²) in [6.45, 7) is 4.08. The molecule has 1 fully saturated rings. The molecule has 0 spiro atoms. The van der Waals surface area contributed by atoms with Crippen LogP contribution in [0.25, 0.3) is 5.82 Å². The zero-order valence-corrected chi connectivity index (χ0v) is 16.5. The number of thiophene rings is 1. The summed E-state index contributed by atoms with van der Waals surface area (Å²) in [5.41, 5.74) is 0. The van der Waals surface area contributed by atoms with Gasteiger partial charge in [0.2, 0.25) is 0 Å². The van der Waals surface area contributed by atoms with E-state index in [1.165, 1.54) is 11.3 Å². The smallest absolute Gasteiger partial charge is 0.252 e. The molecule has 0 N–H and O–H groups in total. The first-order valence-electron chi connectivity index (χ1n) is 8.74. The molecule has 0 amide bonds. The highest BCUT2D eigenvalue weighted by molar-refractivity contribution is 7.91. The molecule has 4 rings (SSSR count). The molecule has 4 heterocycles. The Bertz CT molecular complexity index is 990. The van der Waals surface area contributed by atoms with E-state index in [-0.39, 0.29) is 0 Å². The van der Waals surface area contributed by atoms with Crippen LogP contribution >= 0.6 is 11.3 Å². The maximum atomic E-state index is 12.8. The lowest BCUT2D eigenvalue weighted by Gasteiger charge is -2.34. The molecule has 10 heteroatoms. The van der Waals surface area contributed by atoms with Crippen molar-refractivity contribution in [2.75, 3.05) is 31.1 Å². The topological polar surface area (TPSA) is 84.2 Å². The van der Waals surface area contributed by atoms with Crippen molar-refractivity contribution in [1.29, 1.82) is 0 Å². The molecule has 1 saturated heterocycles. The average Bonchev–Trinajstić information content (AvgIpc) is 3.40. The SMILES string of the molecule is CCc1ccc(S(=O)(=O)N2CCN(c3ccc(-n4ccnc4)nn3)CC2)s1. The van der Waals surface area contributed by atoms with Crippen molar-refractivity contribution in [3.05, 3.63) is 47.9 Å². The quantitative estimate of drug-likeness (QED) is 0.645. The Morgan fingerprint density at radius 1 is 1.04 bits per heavy atom. The lowest BCUT2D eigenvalue weighted by Crippen LogP contribution is -2.48. The van der Waals surface area contributed by atoms with Gasteiger partial charge in [-0.05, 0) is 30.7 Å². The number of aromatic nitrogens is 4. The predicted octanol–water partition coefficient (Wildman–Crippen LogP) is 1.80. The van der Waals surface area contributed by atoms with Crippen molar-refractivity contribution in [2.45, 2.75) is 17.6 Å². The molecule has 0 radical (unpaired) electrons. The third-order valence-corrected chi connectivity index (χ3v) is 8.14. The van der Waals surface area contributed by atoms with Crippen LogP contribution in [0.15, 0.2) is 47.2 Å². The third-order valence-electron chi connectivity index (χ3n) is 4.55. The van der Waals surface area contributed by atoms with Gasteiger partial charge in [0.05, 0.1) is 0 Å². The summed E-state index contributed by atoms with van der Waals surface area (Å²) in [7, 11) is -3.41. The highest BCUT2D eigenvalue weighted by Gasteiger charge is 2.30. The Morgan fingerprint density at radius 2 is 1.78 bits per heavy atom. The van der Waals surface area contributed by atoms with Gasteiger partial charge in [-0.25, -0.2) is 13.4 Å². The molecule has 27 heavy (non-hydrogen) atoms. The summed E-state index contributed by atoms with van der Waals surface area (Å²) in [4.78, 5) is 7.14. The van der Waals surface area contributed by atoms with Gasteiger partial charge in [0.15, 0.2) is 11.6 Å². The van der Waals surface area contributed by atoms with Crippen molar-refractivity contribution in [1.82, 2.24) is 24.1 Å². The minimum absolute atomic E-state index is 0.428. The number of hydrogen-bond donors (Lipinski definition) is 0. The number of aryl methyl sites for hydroxylation is 1. The monoisotopic (exact) mass is 404 g/mol. The van der Waals surface area contributed by atoms with E-state index < -0.39 is 10.0 Å². The number of hydrogen-bond acceptors (Lipinski definition) is 7. The number of rotatable bonds is 5. The molecule has 0 unspecified atom stereocenters. The third kappa shape index (κ3) is 3.60. The van der Waals surface area contributed by atoms with Gasteiger partial charge in [0.1, 0.15) is 10.5 Å². The second-order valence-corrected chi connectivity index (χ2v) is 9.52. The van der Waals surface area contributed by atoms with Crippen molar-refractivity contribution < 1.29 is 8.42 Å². The van der Waals surface area contributed by atoms with Crippen molar-refractivity contribution >= 4 is 27.2 Å². The molecule has 0 aromatic carbocycles. The van der Waals surface area contributed by atoms with Crippen LogP contribution in [0, 0.1) is 0 Å². The molecule has 142 valence electrons. The Balaban J connectivity index is 1.42. The summed E-state index contributed by atoms with van der Waals surface area (Å²) in [5, 5.41) is 8.50. The maximum absolute atomic E-state index is 12.8. The maximum Gasteiger partial charge on any atom is 0.252 e. The molecule has 0 aliphatic carbocycles. The summed E-state index contributed by atoms with van der Waals surface area (Å²) in [6, 6.07) is 7.39. The van der Waals surface area contributed by atoms with E-state index in [0.29, 0.717) is 36.2 Å². The van der Waals surface area contributed by atoms with Gasteiger partial charge in [0.25, 0.3) is 10.0 Å². The first-order chi connectivity index (χ1) is 13.1. The number of nitrogens with zero attached hydrogens (tertiary/aromatic N) is 6. The zero-order valence-electron chi connectivity index (χ0n) is 14.9. The first kappa shape index (κ1) is 18.1. The van der Waals surface area contributed by atoms with Crippen LogP contribution < -0.4 is 4.90 Å². The standard InChI is InChI=1S/C17H20N6O2S2/c1-2-14-3-6-17(26-14)27(24,25)23-11-9-21(10-12-23)15-4-5-16(20-19-15)22-8-7-18-13-22/h3-8,13H,2,9-12H2,1H3. The second-order valence-electron chi connectivity index (χ2n) is 6.19. The van der Waals surface area contributed by atoms with E-state index in [4.69, 9.17) is 0 Å². The van der Waals surface area contributed by atoms with Crippen molar-refractivity contribution in [3.8, 4) is 5.82 Å². The largest absolute Gasteiger partial charge is 0.352 e. The van der Waals surface area contributed by atoms with Crippen molar-refractivity contribution in [3.63, 3.8) is 0 Å². The lowest BCUT2D eigenvalue weighted by atomic mass is 10.3. The molecular formula is C17H20N6O2S2. The van der Waals surface area contributed by atoms with Gasteiger partial charge < -0.3 is 4.90 Å². The van der Waals surface area contributed by atoms with E-state index >= 15 is 0 Å². The summed E-state index contributed by atoms with van der Waals surface area (Å²) < 4.78 is 29.4. The average molecular weight is 405 g/mol. The second kappa shape index (κ2) is 7.37. The van der Waals surface area contributed by atoms with Gasteiger partial charge in [-0.3, -0.25) is 4.57 Å². The Labute approximate surface area is 162 Å². The molecule has 0 atom stereocenters. The van der Waals surface area contributed by atoms with Gasteiger partial charge >= 0.3 is 0 Å². The fourth-order valence-corrected chi connectivity index (χ4v) is 5.86. The highest BCUT2D eigenvalue weighted by atomic mass is 32.2. The van der Waals surface area contributed by atoms with E-state index in [9.17, 15) is 8.42 Å². The molecule has 1 aliphatic rings. The molecule has 8 nitrogen and oxygen atoms in total. The molecule has 0 saturated carbocycles. The van der Waals surface area contributed by atoms with Crippen LogP contribution in [-0.2, 0) is 16.4 Å².